The van der Waals surface area contributed by atoms with Crippen molar-refractivity contribution in [2.75, 3.05) is 25.6 Å². The minimum absolute atomic E-state index is 0.0753. The minimum atomic E-state index is -0.733. The van der Waals surface area contributed by atoms with E-state index < -0.39 is 5.97 Å². The number of hydrogen-bond acceptors (Lipinski definition) is 3. The Morgan fingerprint density at radius 1 is 1.45 bits per heavy atom. The third kappa shape index (κ3) is 4.89. The Morgan fingerprint density at radius 3 is 2.75 bits per heavy atom. The first-order valence-electron chi connectivity index (χ1n) is 7.19. The topological polar surface area (TPSA) is 69.6 Å². The second-order valence-corrected chi connectivity index (χ2v) is 6.55. The number of carboxylic acid groups (broad SMARTS) is 1. The van der Waals surface area contributed by atoms with Crippen molar-refractivity contribution in [3.05, 3.63) is 0 Å². The van der Waals surface area contributed by atoms with E-state index in [0.717, 1.165) is 31.4 Å². The highest BCUT2D eigenvalue weighted by atomic mass is 32.2. The maximum absolute atomic E-state index is 12.0. The molecule has 2 amide bonds. The molecule has 0 aromatic carbocycles. The zero-order chi connectivity index (χ0) is 15.1. The Bertz CT molecular complexity index is 338. The van der Waals surface area contributed by atoms with Crippen LogP contribution in [0.15, 0.2) is 0 Å². The number of aliphatic carboxylic acids is 1. The van der Waals surface area contributed by atoms with E-state index in [2.05, 4.69) is 11.6 Å². The van der Waals surface area contributed by atoms with E-state index in [1.807, 2.05) is 6.92 Å². The molecule has 0 radical (unpaired) electrons. The smallest absolute Gasteiger partial charge is 0.317 e. The molecule has 0 spiro atoms. The van der Waals surface area contributed by atoms with Gasteiger partial charge < -0.3 is 15.3 Å². The van der Waals surface area contributed by atoms with Crippen molar-refractivity contribution in [2.24, 2.45) is 11.8 Å². The Kier molecular flexibility index (Phi) is 7.19. The van der Waals surface area contributed by atoms with Gasteiger partial charge in [-0.25, -0.2) is 4.79 Å². The van der Waals surface area contributed by atoms with E-state index >= 15 is 0 Å². The van der Waals surface area contributed by atoms with Crippen LogP contribution in [0.3, 0.4) is 0 Å². The molecule has 1 aliphatic carbocycles. The molecule has 1 fully saturated rings. The monoisotopic (exact) mass is 302 g/mol. The van der Waals surface area contributed by atoms with Crippen LogP contribution >= 0.6 is 11.8 Å². The summed E-state index contributed by atoms with van der Waals surface area (Å²) in [5.41, 5.74) is 0. The zero-order valence-electron chi connectivity index (χ0n) is 12.6. The molecule has 6 heteroatoms. The number of rotatable bonds is 7. The number of urea groups is 1. The van der Waals surface area contributed by atoms with Crippen molar-refractivity contribution in [3.63, 3.8) is 0 Å². The number of hydrogen-bond donors (Lipinski definition) is 2. The van der Waals surface area contributed by atoms with Crippen LogP contribution in [0, 0.1) is 11.8 Å². The van der Waals surface area contributed by atoms with Gasteiger partial charge in [-0.15, -0.1) is 0 Å². The van der Waals surface area contributed by atoms with Crippen molar-refractivity contribution >= 4 is 23.8 Å². The van der Waals surface area contributed by atoms with Crippen LogP contribution in [0.1, 0.15) is 32.6 Å². The van der Waals surface area contributed by atoms with E-state index in [4.69, 9.17) is 5.11 Å². The Balaban J connectivity index is 2.36. The number of nitrogens with one attached hydrogen (secondary N) is 1. The molecule has 0 aromatic rings. The first-order valence-corrected chi connectivity index (χ1v) is 8.59. The maximum atomic E-state index is 12.0. The summed E-state index contributed by atoms with van der Waals surface area (Å²) in [4.78, 5) is 24.8. The van der Waals surface area contributed by atoms with Gasteiger partial charge >= 0.3 is 12.0 Å². The molecule has 1 aliphatic rings. The summed E-state index contributed by atoms with van der Waals surface area (Å²) in [5, 5.41) is 12.0. The van der Waals surface area contributed by atoms with Gasteiger partial charge in [0.2, 0.25) is 0 Å². The summed E-state index contributed by atoms with van der Waals surface area (Å²) >= 11 is 1.77. The molecular formula is C14H26N2O3S. The second kappa shape index (κ2) is 8.39. The van der Waals surface area contributed by atoms with Crippen LogP contribution in [-0.2, 0) is 4.79 Å². The van der Waals surface area contributed by atoms with E-state index in [0.29, 0.717) is 6.54 Å². The van der Waals surface area contributed by atoms with Gasteiger partial charge in [-0.3, -0.25) is 4.79 Å². The minimum Gasteiger partial charge on any atom is -0.481 e. The summed E-state index contributed by atoms with van der Waals surface area (Å²) in [6.45, 7) is 2.50. The fourth-order valence-corrected chi connectivity index (χ4v) is 3.21. The van der Waals surface area contributed by atoms with Crippen molar-refractivity contribution in [1.82, 2.24) is 10.2 Å². The number of carboxylic acids is 1. The molecule has 0 heterocycles. The fraction of sp³-hybridized carbons (Fsp3) is 0.857. The third-order valence-electron chi connectivity index (χ3n) is 4.21. The molecule has 1 saturated carbocycles. The molecule has 1 rings (SSSR count). The number of carbonyl (C=O) groups excluding carboxylic acids is 1. The summed E-state index contributed by atoms with van der Waals surface area (Å²) in [5.74, 6) is 0.0759. The second-order valence-electron chi connectivity index (χ2n) is 5.56. The van der Waals surface area contributed by atoms with Crippen LogP contribution in [0.2, 0.25) is 0 Å². The lowest BCUT2D eigenvalue weighted by Crippen LogP contribution is -2.44. The van der Waals surface area contributed by atoms with Crippen LogP contribution in [0.25, 0.3) is 0 Å². The van der Waals surface area contributed by atoms with Crippen molar-refractivity contribution in [3.8, 4) is 0 Å². The zero-order valence-corrected chi connectivity index (χ0v) is 13.4. The Morgan fingerprint density at radius 2 is 2.15 bits per heavy atom. The van der Waals surface area contributed by atoms with Crippen LogP contribution in [-0.4, -0.2) is 53.6 Å². The largest absolute Gasteiger partial charge is 0.481 e. The maximum Gasteiger partial charge on any atom is 0.317 e. The van der Waals surface area contributed by atoms with E-state index in [1.54, 1.807) is 23.7 Å². The SMILES string of the molecule is CSCCC(C)N(C)C(=O)NCC1CCCC1C(=O)O. The van der Waals surface area contributed by atoms with Gasteiger partial charge in [0.05, 0.1) is 5.92 Å². The molecule has 5 nitrogen and oxygen atoms in total. The molecular weight excluding hydrogens is 276 g/mol. The van der Waals surface area contributed by atoms with E-state index in [1.165, 1.54) is 0 Å². The number of amides is 2. The number of thioether (sulfide) groups is 1. The third-order valence-corrected chi connectivity index (χ3v) is 4.86. The lowest BCUT2D eigenvalue weighted by molar-refractivity contribution is -0.142. The molecule has 0 aromatic heterocycles. The Labute approximate surface area is 125 Å². The summed E-state index contributed by atoms with van der Waals surface area (Å²) in [6, 6.07) is 0.0935. The van der Waals surface area contributed by atoms with Gasteiger partial charge in [0.25, 0.3) is 0 Å². The average molecular weight is 302 g/mol. The molecule has 0 saturated heterocycles. The van der Waals surface area contributed by atoms with Crippen LogP contribution in [0.4, 0.5) is 4.79 Å². The summed E-state index contributed by atoms with van der Waals surface area (Å²) < 4.78 is 0. The van der Waals surface area contributed by atoms with Gasteiger partial charge in [-0.05, 0) is 44.1 Å². The Hall–Kier alpha value is -0.910. The van der Waals surface area contributed by atoms with Crippen molar-refractivity contribution < 1.29 is 14.7 Å². The average Bonchev–Trinajstić information content (AvgIpc) is 2.89. The van der Waals surface area contributed by atoms with E-state index in [-0.39, 0.29) is 23.9 Å². The van der Waals surface area contributed by atoms with Gasteiger partial charge in [0.15, 0.2) is 0 Å². The van der Waals surface area contributed by atoms with Crippen molar-refractivity contribution in [1.29, 1.82) is 0 Å². The van der Waals surface area contributed by atoms with Gasteiger partial charge in [-0.2, -0.15) is 11.8 Å². The van der Waals surface area contributed by atoms with Crippen molar-refractivity contribution in [2.45, 2.75) is 38.6 Å². The predicted octanol–water partition coefficient (Wildman–Crippen LogP) is 2.27. The number of carbonyl (C=O) groups is 2. The highest BCUT2D eigenvalue weighted by Gasteiger charge is 2.33. The summed E-state index contributed by atoms with van der Waals surface area (Å²) in [6.07, 6.45) is 5.58. The fourth-order valence-electron chi connectivity index (χ4n) is 2.63. The first-order chi connectivity index (χ1) is 9.47. The first kappa shape index (κ1) is 17.1. The number of nitrogens with zero attached hydrogens (tertiary/aromatic N) is 1. The molecule has 116 valence electrons. The molecule has 3 unspecified atom stereocenters. The predicted molar refractivity (Wildman–Crippen MR) is 82.1 cm³/mol. The quantitative estimate of drug-likeness (QED) is 0.757. The van der Waals surface area contributed by atoms with Crippen LogP contribution < -0.4 is 5.32 Å². The molecule has 0 bridgehead atoms. The summed E-state index contributed by atoms with van der Waals surface area (Å²) in [7, 11) is 1.80. The van der Waals surface area contributed by atoms with Crippen LogP contribution in [0.5, 0.6) is 0 Å². The van der Waals surface area contributed by atoms with Gasteiger partial charge in [0.1, 0.15) is 0 Å². The highest BCUT2D eigenvalue weighted by molar-refractivity contribution is 7.98. The normalized spacial score (nSPS) is 23.4. The molecule has 0 aliphatic heterocycles. The molecule has 20 heavy (non-hydrogen) atoms. The lowest BCUT2D eigenvalue weighted by Gasteiger charge is -2.26. The van der Waals surface area contributed by atoms with Gasteiger partial charge in [-0.1, -0.05) is 6.42 Å². The lowest BCUT2D eigenvalue weighted by atomic mass is 9.96. The molecule has 3 atom stereocenters. The standard InChI is InChI=1S/C14H26N2O3S/c1-10(7-8-20-3)16(2)14(19)15-9-11-5-4-6-12(11)13(17)18/h10-12H,4-9H2,1-3H3,(H,15,19)(H,17,18). The molecule has 2 N–H and O–H groups in total. The van der Waals surface area contributed by atoms with E-state index in [9.17, 15) is 9.59 Å². The van der Waals surface area contributed by atoms with Gasteiger partial charge in [0, 0.05) is 19.6 Å². The highest BCUT2D eigenvalue weighted by Crippen LogP contribution is 2.31.